The van der Waals surface area contributed by atoms with E-state index in [-0.39, 0.29) is 31.8 Å². The summed E-state index contributed by atoms with van der Waals surface area (Å²) in [6.07, 6.45) is 1.86. The average Bonchev–Trinajstić information content (AvgIpc) is 3.55. The molecule has 0 saturated carbocycles. The largest absolute Gasteiger partial charge is 2.00 e. The van der Waals surface area contributed by atoms with Crippen molar-refractivity contribution in [2.24, 2.45) is 0 Å². The zero-order valence-electron chi connectivity index (χ0n) is 29.7. The minimum atomic E-state index is -0.190. The molecule has 0 spiro atoms. The number of ether oxygens (including phenoxy) is 1. The molecule has 7 aromatic rings. The van der Waals surface area contributed by atoms with E-state index in [2.05, 4.69) is 150 Å². The first-order chi connectivity index (χ1) is 22.9. The first kappa shape index (κ1) is 34.4. The molecule has 0 aliphatic heterocycles. The summed E-state index contributed by atoms with van der Waals surface area (Å²) in [5.41, 5.74) is 12.1. The second kappa shape index (κ2) is 13.1. The Morgan fingerprint density at radius 1 is 0.755 bits per heavy atom. The number of fused-ring (bicyclic) bond motifs is 3. The van der Waals surface area contributed by atoms with Crippen LogP contribution in [-0.2, 0) is 25.8 Å². The van der Waals surface area contributed by atoms with Gasteiger partial charge in [-0.25, -0.2) is 4.98 Å². The van der Waals surface area contributed by atoms with Gasteiger partial charge < -0.3 is 9.30 Å². The van der Waals surface area contributed by atoms with E-state index in [0.717, 1.165) is 55.8 Å². The summed E-state index contributed by atoms with van der Waals surface area (Å²) in [7, 11) is 0. The van der Waals surface area contributed by atoms with Crippen LogP contribution in [0, 0.1) is 39.8 Å². The molecule has 0 radical (unpaired) electrons. The summed E-state index contributed by atoms with van der Waals surface area (Å²) < 4.78 is 10.9. The van der Waals surface area contributed by atoms with Crippen molar-refractivity contribution in [3.63, 3.8) is 0 Å². The smallest absolute Gasteiger partial charge is 0.509 e. The summed E-state index contributed by atoms with van der Waals surface area (Å²) in [5.74, 6) is 2.37. The van der Waals surface area contributed by atoms with Crippen LogP contribution >= 0.6 is 0 Å². The van der Waals surface area contributed by atoms with Crippen LogP contribution in [-0.4, -0.2) is 19.3 Å². The molecular weight excluding hydrogens is 695 g/mol. The minimum absolute atomic E-state index is 0. The van der Waals surface area contributed by atoms with Gasteiger partial charge in [0.25, 0.3) is 0 Å². The van der Waals surface area contributed by atoms with Gasteiger partial charge >= 0.3 is 20.4 Å². The number of hydrogen-bond donors (Lipinski definition) is 0. The van der Waals surface area contributed by atoms with Gasteiger partial charge in [0.2, 0.25) is 0 Å². The molecule has 0 bridgehead atoms. The van der Waals surface area contributed by atoms with Gasteiger partial charge in [-0.1, -0.05) is 76.5 Å². The van der Waals surface area contributed by atoms with E-state index in [4.69, 9.17) is 14.8 Å². The van der Waals surface area contributed by atoms with Crippen molar-refractivity contribution < 1.29 is 25.2 Å². The number of pyridine rings is 1. The fourth-order valence-corrected chi connectivity index (χ4v) is 6.89. The molecule has 0 aliphatic rings. The maximum Gasteiger partial charge on any atom is 2.00 e. The normalized spacial score (nSPS) is 11.8. The Balaban J connectivity index is 0.00000417. The van der Waals surface area contributed by atoms with Crippen molar-refractivity contribution in [2.45, 2.75) is 73.6 Å². The molecule has 0 saturated heterocycles. The van der Waals surface area contributed by atoms with Crippen molar-refractivity contribution in [3.8, 4) is 34.1 Å². The van der Waals surface area contributed by atoms with E-state index in [9.17, 15) is 0 Å². The molecule has 0 N–H and O–H groups in total. The monoisotopic (exact) mass is 736 g/mol. The Morgan fingerprint density at radius 2 is 1.49 bits per heavy atom. The van der Waals surface area contributed by atoms with Crippen LogP contribution in [0.25, 0.3) is 44.4 Å². The predicted molar refractivity (Wildman–Crippen MR) is 197 cm³/mol. The van der Waals surface area contributed by atoms with Gasteiger partial charge in [-0.15, -0.1) is 41.3 Å². The molecule has 6 heteroatoms. The molecule has 3 aromatic heterocycles. The number of nitrogens with zero attached hydrogens (tertiary/aromatic N) is 4. The van der Waals surface area contributed by atoms with Crippen molar-refractivity contribution in [1.82, 2.24) is 19.3 Å². The van der Waals surface area contributed by atoms with Crippen molar-refractivity contribution in [3.05, 3.63) is 131 Å². The van der Waals surface area contributed by atoms with Gasteiger partial charge in [0.15, 0.2) is 0 Å². The summed E-state index contributed by atoms with van der Waals surface area (Å²) in [6.45, 7) is 19.8. The van der Waals surface area contributed by atoms with E-state index in [0.29, 0.717) is 11.5 Å². The Labute approximate surface area is 303 Å². The number of rotatable bonds is 6. The van der Waals surface area contributed by atoms with Gasteiger partial charge in [0.1, 0.15) is 5.82 Å². The first-order valence-electron chi connectivity index (χ1n) is 16.7. The molecule has 49 heavy (non-hydrogen) atoms. The van der Waals surface area contributed by atoms with Gasteiger partial charge in [-0.3, -0.25) is 4.68 Å². The average molecular weight is 737 g/mol. The van der Waals surface area contributed by atoms with Crippen LogP contribution in [0.1, 0.15) is 74.2 Å². The number of aryl methyl sites for hydroxylation is 4. The van der Waals surface area contributed by atoms with Crippen LogP contribution in [0.2, 0.25) is 0 Å². The van der Waals surface area contributed by atoms with Crippen LogP contribution in [0.5, 0.6) is 11.5 Å². The van der Waals surface area contributed by atoms with Crippen molar-refractivity contribution in [2.75, 3.05) is 0 Å². The SMILES string of the molecule is Cc1ccnc(-n2c3[c-]c(Oc4[c-]c(-n5nc(C)c(-c6c(C)cccc6C)c5C(C)(C)C)cc(C(C)C)c4)ccc3c3ccccc32)c1.[Pd+2]. The summed E-state index contributed by atoms with van der Waals surface area (Å²) in [4.78, 5) is 4.73. The quantitative estimate of drug-likeness (QED) is 0.126. The van der Waals surface area contributed by atoms with Gasteiger partial charge in [0, 0.05) is 34.2 Å². The minimum Gasteiger partial charge on any atom is -0.509 e. The van der Waals surface area contributed by atoms with Crippen LogP contribution < -0.4 is 4.74 Å². The summed E-state index contributed by atoms with van der Waals surface area (Å²) >= 11 is 0. The standard InChI is InChI=1S/C43H42N4O.Pd/c1-26(2)31-22-32(47-42(43(7,8)9)41(30(6)45-47)40-28(4)13-12-14-29(40)5)24-34(23-31)48-33-17-18-36-35-15-10-11-16-37(35)46(38(36)25-33)39-21-27(3)19-20-44-39;/h10-23,26H,1-9H3;/q-2;+2. The topological polar surface area (TPSA) is 44.9 Å². The Bertz CT molecular complexity index is 2320. The summed E-state index contributed by atoms with van der Waals surface area (Å²) in [5, 5.41) is 7.43. The van der Waals surface area contributed by atoms with Crippen LogP contribution in [0.15, 0.2) is 85.1 Å². The maximum absolute atomic E-state index is 6.65. The number of aromatic nitrogens is 4. The van der Waals surface area contributed by atoms with E-state index in [1.165, 1.54) is 22.3 Å². The van der Waals surface area contributed by atoms with Crippen molar-refractivity contribution in [1.29, 1.82) is 0 Å². The molecule has 0 fully saturated rings. The van der Waals surface area contributed by atoms with E-state index < -0.39 is 0 Å². The molecule has 5 nitrogen and oxygen atoms in total. The van der Waals surface area contributed by atoms with Gasteiger partial charge in [-0.2, -0.15) is 11.2 Å². The van der Waals surface area contributed by atoms with E-state index >= 15 is 0 Å². The van der Waals surface area contributed by atoms with Gasteiger partial charge in [0.05, 0.1) is 11.4 Å². The zero-order valence-corrected chi connectivity index (χ0v) is 31.2. The zero-order chi connectivity index (χ0) is 33.9. The first-order valence-corrected chi connectivity index (χ1v) is 16.7. The predicted octanol–water partition coefficient (Wildman–Crippen LogP) is 11.1. The molecule has 0 atom stereocenters. The second-order valence-electron chi connectivity index (χ2n) is 14.3. The fraction of sp³-hybridized carbons (Fsp3) is 0.256. The second-order valence-corrected chi connectivity index (χ2v) is 14.3. The number of hydrogen-bond acceptors (Lipinski definition) is 3. The maximum atomic E-state index is 6.65. The molecular formula is C43H42N4OPd. The molecule has 4 aromatic carbocycles. The van der Waals surface area contributed by atoms with Crippen LogP contribution in [0.4, 0.5) is 0 Å². The molecule has 3 heterocycles. The number of para-hydroxylation sites is 1. The van der Waals surface area contributed by atoms with Gasteiger partial charge in [-0.05, 0) is 85.1 Å². The third-order valence-electron chi connectivity index (χ3n) is 9.16. The molecule has 0 aliphatic carbocycles. The molecule has 7 rings (SSSR count). The molecule has 0 unspecified atom stereocenters. The Morgan fingerprint density at radius 3 is 2.18 bits per heavy atom. The third-order valence-corrected chi connectivity index (χ3v) is 9.16. The molecule has 250 valence electrons. The van der Waals surface area contributed by atoms with Crippen molar-refractivity contribution >= 4 is 21.8 Å². The molecule has 0 amide bonds. The summed E-state index contributed by atoms with van der Waals surface area (Å²) in [6, 6.07) is 34.6. The Kier molecular flexibility index (Phi) is 9.18. The van der Waals surface area contributed by atoms with E-state index in [1.807, 2.05) is 18.3 Å². The van der Waals surface area contributed by atoms with E-state index in [1.54, 1.807) is 0 Å². The third kappa shape index (κ3) is 6.25. The fourth-order valence-electron chi connectivity index (χ4n) is 6.89. The van der Waals surface area contributed by atoms with Crippen LogP contribution in [0.3, 0.4) is 0 Å². The number of benzene rings is 4. The Hall–Kier alpha value is -4.50.